The molecule has 2 amide bonds. The Labute approximate surface area is 324 Å². The van der Waals surface area contributed by atoms with E-state index in [0.717, 1.165) is 67.4 Å². The SMILES string of the molecule is CC12CC[C@H]3C(CC[C@H]4C[C@H](O)CCC43C)[C@@H]1CCC2OCCCCCC(=O)N1CCN(C(=O)c2cc(Cc3n[nH]c(=O)c4ccccc34)ccc2F)CC1. The zero-order chi connectivity index (χ0) is 38.3. The van der Waals surface area contributed by atoms with Gasteiger partial charge in [-0.15, -0.1) is 0 Å². The van der Waals surface area contributed by atoms with E-state index in [1.807, 2.05) is 17.0 Å². The first-order valence-electron chi connectivity index (χ1n) is 21.2. The number of aromatic nitrogens is 2. The van der Waals surface area contributed by atoms with Crippen molar-refractivity contribution in [3.05, 3.63) is 75.5 Å². The van der Waals surface area contributed by atoms with Gasteiger partial charge in [-0.1, -0.05) is 44.5 Å². The standard InChI is InChI=1S/C45H59FN4O5/c1-44-19-17-31(51)28-30(44)12-13-34-36-14-16-40(45(36,2)20-18-37(34)44)55-25-7-3-4-10-41(52)49-21-23-50(24-22-49)43(54)35-26-29(11-15-38(35)46)27-39-32-8-5-6-9-33(32)42(53)48-47-39/h5-6,8-9,11,15,26,30-31,34,36-37,40,51H,3-4,7,10,12-14,16-25,27-28H2,1-2H3,(H,48,53)/t30-,31+,34?,36-,37-,40?,44?,45?/m0/s1. The molecular weight excluding hydrogens is 696 g/mol. The number of hydrogen-bond acceptors (Lipinski definition) is 6. The molecule has 2 aromatic carbocycles. The van der Waals surface area contributed by atoms with E-state index >= 15 is 0 Å². The molecule has 8 rings (SSSR count). The van der Waals surface area contributed by atoms with E-state index in [1.54, 1.807) is 29.2 Å². The molecule has 3 aromatic rings. The molecule has 4 aliphatic carbocycles. The van der Waals surface area contributed by atoms with Gasteiger partial charge in [0.25, 0.3) is 11.5 Å². The number of aliphatic hydroxyl groups is 1. The van der Waals surface area contributed by atoms with Gasteiger partial charge in [-0.2, -0.15) is 5.10 Å². The molecule has 9 nitrogen and oxygen atoms in total. The molecule has 5 fully saturated rings. The summed E-state index contributed by atoms with van der Waals surface area (Å²) in [5.41, 5.74) is 1.77. The van der Waals surface area contributed by atoms with Crippen molar-refractivity contribution in [2.75, 3.05) is 32.8 Å². The molecule has 4 saturated carbocycles. The van der Waals surface area contributed by atoms with Crippen molar-refractivity contribution < 1.29 is 23.8 Å². The zero-order valence-corrected chi connectivity index (χ0v) is 32.7. The van der Waals surface area contributed by atoms with Gasteiger partial charge < -0.3 is 19.6 Å². The van der Waals surface area contributed by atoms with Crippen molar-refractivity contribution in [3.63, 3.8) is 0 Å². The van der Waals surface area contributed by atoms with Crippen LogP contribution in [0.2, 0.25) is 0 Å². The zero-order valence-electron chi connectivity index (χ0n) is 32.7. The molecule has 296 valence electrons. The first kappa shape index (κ1) is 38.3. The third-order valence-corrected chi connectivity index (χ3v) is 15.2. The second-order valence-electron chi connectivity index (χ2n) is 18.1. The maximum atomic E-state index is 15.0. The summed E-state index contributed by atoms with van der Waals surface area (Å²) in [6, 6.07) is 11.7. The lowest BCUT2D eigenvalue weighted by Crippen LogP contribution is -2.54. The average Bonchev–Trinajstić information content (AvgIpc) is 3.54. The minimum Gasteiger partial charge on any atom is -0.393 e. The van der Waals surface area contributed by atoms with Crippen LogP contribution in [0.15, 0.2) is 47.3 Å². The second-order valence-corrected chi connectivity index (χ2v) is 18.1. The number of H-pyrrole nitrogens is 1. The fourth-order valence-corrected chi connectivity index (χ4v) is 12.1. The number of unbranched alkanes of at least 4 members (excludes halogenated alkanes) is 2. The smallest absolute Gasteiger partial charge is 0.272 e. The number of halogens is 1. The number of benzene rings is 2. The summed E-state index contributed by atoms with van der Waals surface area (Å²) < 4.78 is 21.6. The predicted molar refractivity (Wildman–Crippen MR) is 210 cm³/mol. The number of nitrogens with zero attached hydrogens (tertiary/aromatic N) is 3. The molecule has 55 heavy (non-hydrogen) atoms. The normalized spacial score (nSPS) is 31.9. The van der Waals surface area contributed by atoms with Crippen molar-refractivity contribution in [3.8, 4) is 0 Å². The minimum absolute atomic E-state index is 0.00507. The molecular formula is C45H59FN4O5. The number of rotatable bonds is 10. The number of carbonyl (C=O) groups excluding carboxylic acids is 2. The summed E-state index contributed by atoms with van der Waals surface area (Å²) in [6.45, 7) is 7.42. The number of nitrogens with one attached hydrogen (secondary N) is 1. The van der Waals surface area contributed by atoms with Crippen molar-refractivity contribution in [2.24, 2.45) is 34.5 Å². The van der Waals surface area contributed by atoms with Crippen LogP contribution in [0, 0.1) is 40.3 Å². The number of aliphatic hydroxyl groups excluding tert-OH is 1. The summed E-state index contributed by atoms with van der Waals surface area (Å²) in [5, 5.41) is 18.4. The average molecular weight is 755 g/mol. The van der Waals surface area contributed by atoms with Crippen LogP contribution in [-0.4, -0.2) is 81.9 Å². The molecule has 0 bridgehead atoms. The van der Waals surface area contributed by atoms with Crippen LogP contribution in [-0.2, 0) is 16.0 Å². The van der Waals surface area contributed by atoms with Crippen LogP contribution < -0.4 is 5.56 Å². The highest BCUT2D eigenvalue weighted by atomic mass is 19.1. The van der Waals surface area contributed by atoms with Gasteiger partial charge in [-0.05, 0) is 129 Å². The first-order valence-corrected chi connectivity index (χ1v) is 21.2. The van der Waals surface area contributed by atoms with Gasteiger partial charge >= 0.3 is 0 Å². The predicted octanol–water partition coefficient (Wildman–Crippen LogP) is 7.29. The topological polar surface area (TPSA) is 116 Å². The lowest BCUT2D eigenvalue weighted by molar-refractivity contribution is -0.141. The summed E-state index contributed by atoms with van der Waals surface area (Å²) >= 11 is 0. The van der Waals surface area contributed by atoms with Crippen LogP contribution in [0.25, 0.3) is 10.8 Å². The Morgan fingerprint density at radius 1 is 0.891 bits per heavy atom. The van der Waals surface area contributed by atoms with E-state index < -0.39 is 5.82 Å². The molecule has 2 heterocycles. The fraction of sp³-hybridized carbons (Fsp3) is 0.644. The van der Waals surface area contributed by atoms with Gasteiger partial charge in [0.05, 0.1) is 28.9 Å². The molecule has 10 heteroatoms. The van der Waals surface area contributed by atoms with Crippen LogP contribution in [0.4, 0.5) is 4.39 Å². The third kappa shape index (κ3) is 7.38. The highest BCUT2D eigenvalue weighted by Crippen LogP contribution is 2.66. The van der Waals surface area contributed by atoms with E-state index in [1.165, 1.54) is 51.0 Å². The van der Waals surface area contributed by atoms with Crippen molar-refractivity contribution in [2.45, 2.75) is 116 Å². The summed E-state index contributed by atoms with van der Waals surface area (Å²) in [5.74, 6) is 2.21. The van der Waals surface area contributed by atoms with E-state index in [2.05, 4.69) is 24.0 Å². The van der Waals surface area contributed by atoms with Crippen molar-refractivity contribution in [1.29, 1.82) is 0 Å². The van der Waals surface area contributed by atoms with Gasteiger partial charge in [0.1, 0.15) is 5.82 Å². The molecule has 5 aliphatic rings. The molecule has 4 unspecified atom stereocenters. The molecule has 1 aromatic heterocycles. The van der Waals surface area contributed by atoms with Crippen LogP contribution in [0.1, 0.15) is 119 Å². The Kier molecular flexibility index (Phi) is 10.9. The summed E-state index contributed by atoms with van der Waals surface area (Å²) in [7, 11) is 0. The Morgan fingerprint density at radius 2 is 1.64 bits per heavy atom. The minimum atomic E-state index is -0.581. The third-order valence-electron chi connectivity index (χ3n) is 15.2. The van der Waals surface area contributed by atoms with E-state index in [-0.39, 0.29) is 34.5 Å². The largest absolute Gasteiger partial charge is 0.393 e. The Bertz CT molecular complexity index is 1940. The Balaban J connectivity index is 0.760. The molecule has 0 radical (unpaired) electrons. The number of amides is 2. The van der Waals surface area contributed by atoms with Gasteiger partial charge in [0, 0.05) is 51.0 Å². The Morgan fingerprint density at radius 3 is 2.45 bits per heavy atom. The van der Waals surface area contributed by atoms with Gasteiger partial charge in [-0.3, -0.25) is 14.4 Å². The Hall–Kier alpha value is -3.63. The van der Waals surface area contributed by atoms with Crippen molar-refractivity contribution in [1.82, 2.24) is 20.0 Å². The molecule has 2 N–H and O–H groups in total. The molecule has 0 spiro atoms. The number of ether oxygens (including phenoxy) is 1. The quantitative estimate of drug-likeness (QED) is 0.210. The molecule has 8 atom stereocenters. The van der Waals surface area contributed by atoms with Gasteiger partial charge in [-0.25, -0.2) is 9.49 Å². The van der Waals surface area contributed by atoms with Crippen LogP contribution in [0.5, 0.6) is 0 Å². The number of aromatic amines is 1. The molecule has 1 aliphatic heterocycles. The van der Waals surface area contributed by atoms with Crippen LogP contribution >= 0.6 is 0 Å². The fourth-order valence-electron chi connectivity index (χ4n) is 12.1. The number of carbonyl (C=O) groups is 2. The lowest BCUT2D eigenvalue weighted by atomic mass is 9.45. The maximum Gasteiger partial charge on any atom is 0.272 e. The highest BCUT2D eigenvalue weighted by Gasteiger charge is 2.60. The summed E-state index contributed by atoms with van der Waals surface area (Å²) in [6.07, 6.45) is 14.6. The van der Waals surface area contributed by atoms with Crippen molar-refractivity contribution >= 4 is 22.6 Å². The summed E-state index contributed by atoms with van der Waals surface area (Å²) in [4.78, 5) is 42.2. The van der Waals surface area contributed by atoms with E-state index in [0.29, 0.717) is 67.5 Å². The highest BCUT2D eigenvalue weighted by molar-refractivity contribution is 5.95. The lowest BCUT2D eigenvalue weighted by Gasteiger charge is -2.60. The first-order chi connectivity index (χ1) is 26.5. The van der Waals surface area contributed by atoms with Gasteiger partial charge in [0.2, 0.25) is 5.91 Å². The molecule has 1 saturated heterocycles. The van der Waals surface area contributed by atoms with Crippen LogP contribution in [0.3, 0.4) is 0 Å². The number of piperazine rings is 1. The van der Waals surface area contributed by atoms with E-state index in [9.17, 15) is 23.9 Å². The number of hydrogen-bond donors (Lipinski definition) is 2. The maximum absolute atomic E-state index is 15.0. The second kappa shape index (κ2) is 15.7. The monoisotopic (exact) mass is 754 g/mol. The van der Waals surface area contributed by atoms with Gasteiger partial charge in [0.15, 0.2) is 0 Å². The van der Waals surface area contributed by atoms with E-state index in [4.69, 9.17) is 4.74 Å². The number of fused-ring (bicyclic) bond motifs is 6.